The monoisotopic (exact) mass is 357 g/mol. The van der Waals surface area contributed by atoms with E-state index in [1.165, 1.54) is 32.3 Å². The summed E-state index contributed by atoms with van der Waals surface area (Å²) in [6.07, 6.45) is 0. The Morgan fingerprint density at radius 2 is 0.792 bits per heavy atom. The van der Waals surface area contributed by atoms with Crippen LogP contribution >= 0.6 is 0 Å². The second-order valence-electron chi connectivity index (χ2n) is 6.35. The van der Waals surface area contributed by atoms with Crippen molar-refractivity contribution in [2.75, 3.05) is 0 Å². The molecule has 0 saturated carbocycles. The maximum atomic E-state index is 4.20. The van der Waals surface area contributed by atoms with Crippen molar-refractivity contribution in [1.82, 2.24) is 0 Å². The molecule has 0 aliphatic heterocycles. The lowest BCUT2D eigenvalue weighted by atomic mass is 10.2. The normalized spacial score (nSPS) is 11.2. The topological polar surface area (TPSA) is 0 Å². The number of rotatable bonds is 4. The predicted octanol–water partition coefficient (Wildman–Crippen LogP) is 2.37. The van der Waals surface area contributed by atoms with Crippen molar-refractivity contribution in [2.45, 2.75) is 20.8 Å². The van der Waals surface area contributed by atoms with Gasteiger partial charge in [0.25, 0.3) is 0 Å². The standard InChI is InChI=1S/C21H21Si3/c1-16-4-10-19(11-5-16)23(20-12-6-17(2)7-13-20)24(22)21-14-8-18(3)9-15-21/h4-15H,1-3H3. The van der Waals surface area contributed by atoms with E-state index >= 15 is 0 Å². The Kier molecular flexibility index (Phi) is 5.33. The molecule has 0 aliphatic rings. The van der Waals surface area contributed by atoms with Crippen molar-refractivity contribution in [1.29, 1.82) is 0 Å². The highest BCUT2D eigenvalue weighted by atomic mass is 29.6. The van der Waals surface area contributed by atoms with Gasteiger partial charge in [-0.3, -0.25) is 0 Å². The molecule has 0 spiro atoms. The van der Waals surface area contributed by atoms with Crippen LogP contribution in [0.4, 0.5) is 0 Å². The third-order valence-electron chi connectivity index (χ3n) is 4.27. The third-order valence-corrected chi connectivity index (χ3v) is 14.7. The fraction of sp³-hybridized carbons (Fsp3) is 0.143. The minimum atomic E-state index is -0.860. The molecule has 3 rings (SSSR count). The van der Waals surface area contributed by atoms with Crippen molar-refractivity contribution >= 4 is 41.5 Å². The van der Waals surface area contributed by atoms with Gasteiger partial charge in [-0.05, 0) is 20.8 Å². The van der Waals surface area contributed by atoms with Gasteiger partial charge in [0.2, 0.25) is 0 Å². The van der Waals surface area contributed by atoms with E-state index < -0.39 is 16.1 Å². The Labute approximate surface area is 151 Å². The molecule has 0 bridgehead atoms. The average Bonchev–Trinajstić information content (AvgIpc) is 2.59. The van der Waals surface area contributed by atoms with Gasteiger partial charge >= 0.3 is 0 Å². The molecule has 0 amide bonds. The van der Waals surface area contributed by atoms with Crippen LogP contribution in [0.25, 0.3) is 0 Å². The molecule has 117 valence electrons. The van der Waals surface area contributed by atoms with Crippen LogP contribution in [0.5, 0.6) is 0 Å². The van der Waals surface area contributed by atoms with Gasteiger partial charge in [0, 0.05) is 9.76 Å². The lowest BCUT2D eigenvalue weighted by Gasteiger charge is -2.23. The Hall–Kier alpha value is -1.69. The van der Waals surface area contributed by atoms with E-state index in [9.17, 15) is 0 Å². The smallest absolute Gasteiger partial charge is 0.0674 e. The molecular formula is C21H21Si3. The first-order chi connectivity index (χ1) is 11.5. The number of aryl methyl sites for hydroxylation is 3. The third kappa shape index (κ3) is 3.86. The molecule has 5 radical (unpaired) electrons. The summed E-state index contributed by atoms with van der Waals surface area (Å²) in [5, 5.41) is 4.43. The number of hydrogen-bond acceptors (Lipinski definition) is 0. The molecule has 3 aromatic carbocycles. The highest BCUT2D eigenvalue weighted by Gasteiger charge is 2.26. The zero-order valence-electron chi connectivity index (χ0n) is 14.4. The largest absolute Gasteiger partial charge is 0.112 e. The van der Waals surface area contributed by atoms with Crippen LogP contribution in [-0.4, -0.2) is 25.9 Å². The molecule has 0 aromatic heterocycles. The van der Waals surface area contributed by atoms with E-state index in [1.807, 2.05) is 0 Å². The second-order valence-corrected chi connectivity index (χ2v) is 15.6. The van der Waals surface area contributed by atoms with Gasteiger partial charge in [-0.15, -0.1) is 0 Å². The minimum Gasteiger partial charge on any atom is -0.0674 e. The maximum Gasteiger partial charge on any atom is 0.112 e. The zero-order chi connectivity index (χ0) is 17.1. The lowest BCUT2D eigenvalue weighted by Crippen LogP contribution is -2.60. The summed E-state index contributed by atoms with van der Waals surface area (Å²) in [5.74, 6) is 0. The summed E-state index contributed by atoms with van der Waals surface area (Å²) >= 11 is 0. The quantitative estimate of drug-likeness (QED) is 0.629. The number of benzene rings is 3. The Morgan fingerprint density at radius 1 is 0.500 bits per heavy atom. The Balaban J connectivity index is 2.05. The first-order valence-electron chi connectivity index (χ1n) is 8.21. The van der Waals surface area contributed by atoms with Crippen molar-refractivity contribution in [3.8, 4) is 0 Å². The molecule has 0 nitrogen and oxygen atoms in total. The Morgan fingerprint density at radius 3 is 1.12 bits per heavy atom. The van der Waals surface area contributed by atoms with Crippen molar-refractivity contribution in [2.24, 2.45) is 0 Å². The van der Waals surface area contributed by atoms with Crippen LogP contribution in [0, 0.1) is 20.8 Å². The molecule has 0 unspecified atom stereocenters. The summed E-state index contributed by atoms with van der Waals surface area (Å²) in [7, 11) is 2.49. The van der Waals surface area contributed by atoms with Gasteiger partial charge in [0.15, 0.2) is 0 Å². The van der Waals surface area contributed by atoms with E-state index in [2.05, 4.69) is 103 Å². The van der Waals surface area contributed by atoms with Gasteiger partial charge in [-0.25, -0.2) is 0 Å². The van der Waals surface area contributed by atoms with Crippen LogP contribution in [0.1, 0.15) is 16.7 Å². The number of hydrogen-bond donors (Lipinski definition) is 0. The average molecular weight is 358 g/mol. The highest BCUT2D eigenvalue weighted by Crippen LogP contribution is 2.02. The molecule has 0 fully saturated rings. The fourth-order valence-corrected chi connectivity index (χ4v) is 12.7. The summed E-state index contributed by atoms with van der Waals surface area (Å²) in [4.78, 5) is 0. The van der Waals surface area contributed by atoms with Gasteiger partial charge in [0.1, 0.15) is 8.31 Å². The van der Waals surface area contributed by atoms with Crippen molar-refractivity contribution < 1.29 is 0 Å². The molecule has 24 heavy (non-hydrogen) atoms. The lowest BCUT2D eigenvalue weighted by molar-refractivity contribution is 1.48. The Bertz CT molecular complexity index is 744. The van der Waals surface area contributed by atoms with Crippen LogP contribution in [0.15, 0.2) is 72.8 Å². The molecule has 3 aromatic rings. The van der Waals surface area contributed by atoms with Gasteiger partial charge in [-0.1, -0.05) is 105 Å². The molecule has 3 heteroatoms. The van der Waals surface area contributed by atoms with E-state index in [0.717, 1.165) is 0 Å². The summed E-state index contributed by atoms with van der Waals surface area (Å²) in [6, 6.07) is 27.3. The van der Waals surface area contributed by atoms with Crippen LogP contribution < -0.4 is 15.6 Å². The predicted molar refractivity (Wildman–Crippen MR) is 110 cm³/mol. The van der Waals surface area contributed by atoms with Crippen LogP contribution in [-0.2, 0) is 0 Å². The molecule has 0 heterocycles. The van der Waals surface area contributed by atoms with E-state index in [-0.39, 0.29) is 0 Å². The van der Waals surface area contributed by atoms with Crippen molar-refractivity contribution in [3.05, 3.63) is 89.5 Å². The van der Waals surface area contributed by atoms with Crippen LogP contribution in [0.3, 0.4) is 0 Å². The van der Waals surface area contributed by atoms with E-state index in [4.69, 9.17) is 0 Å². The second kappa shape index (κ2) is 7.47. The maximum absolute atomic E-state index is 4.20. The summed E-state index contributed by atoms with van der Waals surface area (Å²) in [5.41, 5.74) is 3.96. The van der Waals surface area contributed by atoms with E-state index in [1.54, 1.807) is 0 Å². The first-order valence-corrected chi connectivity index (χ1v) is 13.7. The summed E-state index contributed by atoms with van der Waals surface area (Å²) < 4.78 is 0. The molecule has 0 aliphatic carbocycles. The molecular weight excluding hydrogens is 336 g/mol. The van der Waals surface area contributed by atoms with E-state index in [0.29, 0.717) is 0 Å². The van der Waals surface area contributed by atoms with Gasteiger partial charge < -0.3 is 0 Å². The fourth-order valence-electron chi connectivity index (χ4n) is 2.76. The highest BCUT2D eigenvalue weighted by molar-refractivity contribution is 7.52. The molecule has 0 saturated heterocycles. The minimum absolute atomic E-state index is 0.845. The van der Waals surface area contributed by atoms with Gasteiger partial charge in [-0.2, -0.15) is 0 Å². The van der Waals surface area contributed by atoms with Gasteiger partial charge in [0.05, 0.1) is 7.83 Å². The SMILES string of the molecule is Cc1ccc([Si]([Si])[Si](c2ccc(C)cc2)c2ccc(C)cc2)cc1. The van der Waals surface area contributed by atoms with Crippen molar-refractivity contribution in [3.63, 3.8) is 0 Å². The first kappa shape index (κ1) is 17.1. The molecule has 0 atom stereocenters. The van der Waals surface area contributed by atoms with Crippen LogP contribution in [0.2, 0.25) is 0 Å². The summed E-state index contributed by atoms with van der Waals surface area (Å²) in [6.45, 7) is 6.46. The zero-order valence-corrected chi connectivity index (χ0v) is 17.4. The molecule has 0 N–H and O–H groups in total.